The van der Waals surface area contributed by atoms with Gasteiger partial charge in [0.05, 0.1) is 0 Å². The molecule has 5 heteroatoms. The Balaban J connectivity index is 2.60. The van der Waals surface area contributed by atoms with Crippen molar-refractivity contribution in [3.8, 4) is 0 Å². The van der Waals surface area contributed by atoms with E-state index in [1.165, 1.54) is 6.92 Å². The summed E-state index contributed by atoms with van der Waals surface area (Å²) >= 11 is 0. The molecule has 0 aliphatic carbocycles. The van der Waals surface area contributed by atoms with Gasteiger partial charge in [-0.15, -0.1) is 0 Å². The van der Waals surface area contributed by atoms with E-state index < -0.39 is 12.3 Å². The number of halogens is 1. The zero-order chi connectivity index (χ0) is 9.84. The minimum atomic E-state index is -0.931. The SMILES string of the molecule is CCN1C(CC(C)F)=NNC1C=O. The van der Waals surface area contributed by atoms with Crippen molar-refractivity contribution in [1.82, 2.24) is 10.3 Å². The lowest BCUT2D eigenvalue weighted by Gasteiger charge is -2.21. The van der Waals surface area contributed by atoms with Gasteiger partial charge in [-0.05, 0) is 13.8 Å². The van der Waals surface area contributed by atoms with Crippen molar-refractivity contribution < 1.29 is 9.18 Å². The first-order valence-electron chi connectivity index (χ1n) is 4.37. The van der Waals surface area contributed by atoms with Crippen LogP contribution in [0.25, 0.3) is 0 Å². The summed E-state index contributed by atoms with van der Waals surface area (Å²) in [6, 6.07) is 0. The second-order valence-corrected chi connectivity index (χ2v) is 3.01. The second-order valence-electron chi connectivity index (χ2n) is 3.01. The van der Waals surface area contributed by atoms with Crippen molar-refractivity contribution in [3.63, 3.8) is 0 Å². The van der Waals surface area contributed by atoms with Crippen LogP contribution in [-0.2, 0) is 4.79 Å². The van der Waals surface area contributed by atoms with Crippen LogP contribution in [0.5, 0.6) is 0 Å². The summed E-state index contributed by atoms with van der Waals surface area (Å²) in [5.41, 5.74) is 2.64. The Bertz CT molecular complexity index is 217. The number of nitrogens with zero attached hydrogens (tertiary/aromatic N) is 2. The smallest absolute Gasteiger partial charge is 0.172 e. The van der Waals surface area contributed by atoms with Gasteiger partial charge in [0.2, 0.25) is 0 Å². The van der Waals surface area contributed by atoms with E-state index in [1.54, 1.807) is 4.90 Å². The van der Waals surface area contributed by atoms with Gasteiger partial charge in [-0.1, -0.05) is 0 Å². The van der Waals surface area contributed by atoms with Crippen molar-refractivity contribution in [2.75, 3.05) is 6.54 Å². The summed E-state index contributed by atoms with van der Waals surface area (Å²) in [5, 5.41) is 3.90. The fraction of sp³-hybridized carbons (Fsp3) is 0.750. The molecule has 1 aliphatic heterocycles. The minimum absolute atomic E-state index is 0.255. The first kappa shape index (κ1) is 9.95. The van der Waals surface area contributed by atoms with Crippen molar-refractivity contribution in [2.45, 2.75) is 32.6 Å². The Morgan fingerprint density at radius 2 is 2.54 bits per heavy atom. The maximum atomic E-state index is 12.7. The first-order chi connectivity index (χ1) is 6.19. The molecule has 0 aromatic rings. The van der Waals surface area contributed by atoms with Crippen LogP contribution < -0.4 is 5.43 Å². The molecule has 1 rings (SSSR count). The van der Waals surface area contributed by atoms with Gasteiger partial charge < -0.3 is 4.90 Å². The number of amidine groups is 1. The van der Waals surface area contributed by atoms with Crippen LogP contribution in [0, 0.1) is 0 Å². The Morgan fingerprint density at radius 1 is 1.85 bits per heavy atom. The summed E-state index contributed by atoms with van der Waals surface area (Å²) in [6.07, 6.45) is -0.326. The highest BCUT2D eigenvalue weighted by Gasteiger charge is 2.26. The summed E-state index contributed by atoms with van der Waals surface area (Å²) in [5.74, 6) is 0.620. The highest BCUT2D eigenvalue weighted by atomic mass is 19.1. The monoisotopic (exact) mass is 187 g/mol. The quantitative estimate of drug-likeness (QED) is 0.652. The van der Waals surface area contributed by atoms with Gasteiger partial charge in [0.25, 0.3) is 0 Å². The van der Waals surface area contributed by atoms with Crippen LogP contribution in [-0.4, -0.2) is 35.9 Å². The maximum Gasteiger partial charge on any atom is 0.172 e. The molecule has 2 unspecified atom stereocenters. The number of likely N-dealkylation sites (N-methyl/N-ethyl adjacent to an activating group) is 1. The van der Waals surface area contributed by atoms with Crippen molar-refractivity contribution in [3.05, 3.63) is 0 Å². The van der Waals surface area contributed by atoms with E-state index in [1.807, 2.05) is 6.92 Å². The largest absolute Gasteiger partial charge is 0.331 e. The predicted octanol–water partition coefficient (Wildman–Crippen LogP) is 0.498. The van der Waals surface area contributed by atoms with E-state index >= 15 is 0 Å². The number of hydrogen-bond donors (Lipinski definition) is 1. The third kappa shape index (κ3) is 2.17. The molecular weight excluding hydrogens is 173 g/mol. The van der Waals surface area contributed by atoms with Gasteiger partial charge in [0.15, 0.2) is 12.5 Å². The van der Waals surface area contributed by atoms with Crippen molar-refractivity contribution >= 4 is 12.1 Å². The molecule has 0 fully saturated rings. The Kier molecular flexibility index (Phi) is 3.22. The van der Waals surface area contributed by atoms with Crippen LogP contribution in [0.4, 0.5) is 4.39 Å². The maximum absolute atomic E-state index is 12.7. The number of rotatable bonds is 4. The van der Waals surface area contributed by atoms with E-state index in [-0.39, 0.29) is 6.42 Å². The van der Waals surface area contributed by atoms with Gasteiger partial charge >= 0.3 is 0 Å². The molecule has 0 radical (unpaired) electrons. The first-order valence-corrected chi connectivity index (χ1v) is 4.37. The van der Waals surface area contributed by atoms with E-state index in [4.69, 9.17) is 0 Å². The van der Waals surface area contributed by atoms with Crippen LogP contribution in [0.15, 0.2) is 5.10 Å². The lowest BCUT2D eigenvalue weighted by molar-refractivity contribution is -0.111. The van der Waals surface area contributed by atoms with Gasteiger partial charge in [-0.3, -0.25) is 10.2 Å². The fourth-order valence-electron chi connectivity index (χ4n) is 1.33. The third-order valence-corrected chi connectivity index (χ3v) is 1.93. The number of nitrogens with one attached hydrogen (secondary N) is 1. The molecule has 1 N–H and O–H groups in total. The molecule has 0 saturated heterocycles. The molecular formula is C8H14FN3O. The number of hydrazone groups is 1. The molecule has 0 bridgehead atoms. The number of carbonyl (C=O) groups excluding carboxylic acids is 1. The van der Waals surface area contributed by atoms with Crippen molar-refractivity contribution in [1.29, 1.82) is 0 Å². The Labute approximate surface area is 76.8 Å². The summed E-state index contributed by atoms with van der Waals surface area (Å²) < 4.78 is 12.7. The topological polar surface area (TPSA) is 44.7 Å². The number of carbonyl (C=O) groups is 1. The zero-order valence-corrected chi connectivity index (χ0v) is 7.83. The molecule has 2 atom stereocenters. The summed E-state index contributed by atoms with van der Waals surface area (Å²) in [4.78, 5) is 12.3. The van der Waals surface area contributed by atoms with E-state index in [2.05, 4.69) is 10.5 Å². The Morgan fingerprint density at radius 3 is 3.00 bits per heavy atom. The summed E-state index contributed by atoms with van der Waals surface area (Å²) in [7, 11) is 0. The lowest BCUT2D eigenvalue weighted by atomic mass is 10.2. The van der Waals surface area contributed by atoms with Crippen LogP contribution in [0.1, 0.15) is 20.3 Å². The minimum Gasteiger partial charge on any atom is -0.331 e. The van der Waals surface area contributed by atoms with E-state index in [0.29, 0.717) is 12.4 Å². The predicted molar refractivity (Wildman–Crippen MR) is 48.0 cm³/mol. The highest BCUT2D eigenvalue weighted by molar-refractivity contribution is 5.87. The average Bonchev–Trinajstić information content (AvgIpc) is 2.45. The van der Waals surface area contributed by atoms with Crippen LogP contribution in [0.3, 0.4) is 0 Å². The second kappa shape index (κ2) is 4.20. The van der Waals surface area contributed by atoms with E-state index in [0.717, 1.165) is 6.29 Å². The highest BCUT2D eigenvalue weighted by Crippen LogP contribution is 2.10. The molecule has 1 heterocycles. The van der Waals surface area contributed by atoms with Crippen LogP contribution in [0.2, 0.25) is 0 Å². The Hall–Kier alpha value is -1.13. The molecule has 0 aromatic heterocycles. The number of aldehydes is 1. The van der Waals surface area contributed by atoms with Crippen molar-refractivity contribution in [2.24, 2.45) is 5.10 Å². The molecule has 4 nitrogen and oxygen atoms in total. The third-order valence-electron chi connectivity index (χ3n) is 1.93. The van der Waals surface area contributed by atoms with Gasteiger partial charge in [0, 0.05) is 13.0 Å². The molecule has 0 saturated carbocycles. The van der Waals surface area contributed by atoms with E-state index in [9.17, 15) is 9.18 Å². The molecule has 1 aliphatic rings. The lowest BCUT2D eigenvalue weighted by Crippen LogP contribution is -2.41. The molecule has 74 valence electrons. The number of hydrogen-bond acceptors (Lipinski definition) is 4. The zero-order valence-electron chi connectivity index (χ0n) is 7.83. The average molecular weight is 187 g/mol. The van der Waals surface area contributed by atoms with Crippen LogP contribution >= 0.6 is 0 Å². The van der Waals surface area contributed by atoms with Gasteiger partial charge in [-0.25, -0.2) is 4.39 Å². The molecule has 0 spiro atoms. The fourth-order valence-corrected chi connectivity index (χ4v) is 1.33. The molecule has 0 aromatic carbocycles. The number of alkyl halides is 1. The van der Waals surface area contributed by atoms with Gasteiger partial charge in [-0.2, -0.15) is 5.10 Å². The molecule has 13 heavy (non-hydrogen) atoms. The molecule has 0 amide bonds. The summed E-state index contributed by atoms with van der Waals surface area (Å²) in [6.45, 7) is 4.04. The van der Waals surface area contributed by atoms with Gasteiger partial charge in [0.1, 0.15) is 12.0 Å². The standard InChI is InChI=1S/C8H14FN3O/c1-3-12-7(4-6(2)9)10-11-8(12)5-13/h5-6,8,11H,3-4H2,1-2H3. The normalized spacial score (nSPS) is 23.8.